The molecule has 0 aliphatic heterocycles. The molecule has 1 amide bonds. The number of amides is 1. The fraction of sp³-hybridized carbons (Fsp3) is 0.462. The molecule has 0 aliphatic carbocycles. The van der Waals surface area contributed by atoms with E-state index in [4.69, 9.17) is 0 Å². The zero-order valence-electron chi connectivity index (χ0n) is 10.4. The fourth-order valence-corrected chi connectivity index (χ4v) is 1.72. The molecule has 94 valence electrons. The summed E-state index contributed by atoms with van der Waals surface area (Å²) in [6, 6.07) is 3.55. The second-order valence-electron chi connectivity index (χ2n) is 4.01. The lowest BCUT2D eigenvalue weighted by Crippen LogP contribution is -2.38. The van der Waals surface area contributed by atoms with Gasteiger partial charge in [-0.25, -0.2) is 4.39 Å². The summed E-state index contributed by atoms with van der Waals surface area (Å²) in [5, 5.41) is 9.57. The number of phenols is 1. The van der Waals surface area contributed by atoms with E-state index in [1.54, 1.807) is 4.90 Å². The first-order valence-corrected chi connectivity index (χ1v) is 5.80. The van der Waals surface area contributed by atoms with E-state index in [0.717, 1.165) is 12.5 Å². The minimum Gasteiger partial charge on any atom is -0.507 e. The van der Waals surface area contributed by atoms with Crippen LogP contribution in [0, 0.1) is 5.82 Å². The average Bonchev–Trinajstić information content (AvgIpc) is 2.29. The summed E-state index contributed by atoms with van der Waals surface area (Å²) in [6.07, 6.45) is 0.835. The van der Waals surface area contributed by atoms with Gasteiger partial charge in [-0.2, -0.15) is 0 Å². The van der Waals surface area contributed by atoms with Crippen molar-refractivity contribution in [2.75, 3.05) is 6.54 Å². The van der Waals surface area contributed by atoms with E-state index in [2.05, 4.69) is 0 Å². The van der Waals surface area contributed by atoms with Gasteiger partial charge in [-0.15, -0.1) is 0 Å². The van der Waals surface area contributed by atoms with Crippen molar-refractivity contribution in [2.24, 2.45) is 0 Å². The SMILES string of the molecule is CCC(C)N(CC)C(=O)c1ccc(F)cc1O. The molecule has 1 unspecified atom stereocenters. The Bertz CT molecular complexity index is 406. The molecule has 1 N–H and O–H groups in total. The van der Waals surface area contributed by atoms with Gasteiger partial charge in [0.05, 0.1) is 5.56 Å². The van der Waals surface area contributed by atoms with Crippen LogP contribution >= 0.6 is 0 Å². The molecule has 0 aliphatic rings. The highest BCUT2D eigenvalue weighted by Crippen LogP contribution is 2.21. The van der Waals surface area contributed by atoms with Crippen molar-refractivity contribution in [3.05, 3.63) is 29.6 Å². The molecule has 1 aromatic carbocycles. The van der Waals surface area contributed by atoms with Crippen LogP contribution in [0.5, 0.6) is 5.75 Å². The molecule has 0 radical (unpaired) electrons. The average molecular weight is 239 g/mol. The summed E-state index contributed by atoms with van der Waals surface area (Å²) in [5.74, 6) is -1.12. The summed E-state index contributed by atoms with van der Waals surface area (Å²) in [4.78, 5) is 13.8. The predicted octanol–water partition coefficient (Wildman–Crippen LogP) is 2.79. The van der Waals surface area contributed by atoms with E-state index in [1.165, 1.54) is 12.1 Å². The van der Waals surface area contributed by atoms with Gasteiger partial charge >= 0.3 is 0 Å². The van der Waals surface area contributed by atoms with Crippen LogP contribution in [0.25, 0.3) is 0 Å². The molecule has 0 fully saturated rings. The number of rotatable bonds is 4. The van der Waals surface area contributed by atoms with Crippen LogP contribution in [0.3, 0.4) is 0 Å². The Kier molecular flexibility index (Phi) is 4.49. The standard InChI is InChI=1S/C13H18FNO2/c1-4-9(3)15(5-2)13(17)11-7-6-10(14)8-12(11)16/h6-9,16H,4-5H2,1-3H3. The normalized spacial score (nSPS) is 12.2. The molecule has 1 atom stereocenters. The van der Waals surface area contributed by atoms with Crippen LogP contribution in [0.4, 0.5) is 4.39 Å². The third kappa shape index (κ3) is 2.96. The van der Waals surface area contributed by atoms with Crippen molar-refractivity contribution in [3.8, 4) is 5.75 Å². The van der Waals surface area contributed by atoms with E-state index < -0.39 is 5.82 Å². The third-order valence-corrected chi connectivity index (χ3v) is 2.91. The van der Waals surface area contributed by atoms with E-state index in [9.17, 15) is 14.3 Å². The maximum absolute atomic E-state index is 12.8. The van der Waals surface area contributed by atoms with Crippen LogP contribution in [-0.2, 0) is 0 Å². The Labute approximate surface area is 101 Å². The summed E-state index contributed by atoms with van der Waals surface area (Å²) in [6.45, 7) is 6.38. The molecule has 0 aromatic heterocycles. The van der Waals surface area contributed by atoms with Gasteiger partial charge in [-0.05, 0) is 32.4 Å². The van der Waals surface area contributed by atoms with Gasteiger partial charge in [0, 0.05) is 18.7 Å². The molecule has 0 bridgehead atoms. The van der Waals surface area contributed by atoms with Crippen molar-refractivity contribution in [3.63, 3.8) is 0 Å². The highest BCUT2D eigenvalue weighted by molar-refractivity contribution is 5.97. The van der Waals surface area contributed by atoms with Gasteiger partial charge < -0.3 is 10.0 Å². The van der Waals surface area contributed by atoms with Gasteiger partial charge in [-0.3, -0.25) is 4.79 Å². The molecule has 3 nitrogen and oxygen atoms in total. The van der Waals surface area contributed by atoms with Crippen molar-refractivity contribution in [1.82, 2.24) is 4.90 Å². The highest BCUT2D eigenvalue weighted by atomic mass is 19.1. The molecular formula is C13H18FNO2. The Balaban J connectivity index is 3.02. The highest BCUT2D eigenvalue weighted by Gasteiger charge is 2.21. The monoisotopic (exact) mass is 239 g/mol. The Hall–Kier alpha value is -1.58. The number of carbonyl (C=O) groups excluding carboxylic acids is 1. The van der Waals surface area contributed by atoms with Crippen LogP contribution in [0.15, 0.2) is 18.2 Å². The molecule has 0 saturated heterocycles. The quantitative estimate of drug-likeness (QED) is 0.877. The summed E-state index contributed by atoms with van der Waals surface area (Å²) in [5.41, 5.74) is 0.147. The van der Waals surface area contributed by atoms with Gasteiger partial charge in [0.2, 0.25) is 0 Å². The fourth-order valence-electron chi connectivity index (χ4n) is 1.72. The van der Waals surface area contributed by atoms with Crippen LogP contribution in [-0.4, -0.2) is 28.5 Å². The lowest BCUT2D eigenvalue weighted by atomic mass is 10.1. The smallest absolute Gasteiger partial charge is 0.257 e. The molecule has 17 heavy (non-hydrogen) atoms. The van der Waals surface area contributed by atoms with Crippen molar-refractivity contribution in [2.45, 2.75) is 33.2 Å². The molecule has 0 saturated carbocycles. The zero-order chi connectivity index (χ0) is 13.0. The Morgan fingerprint density at radius 3 is 2.59 bits per heavy atom. The maximum atomic E-state index is 12.8. The molecule has 1 aromatic rings. The molecular weight excluding hydrogens is 221 g/mol. The molecule has 0 spiro atoms. The van der Waals surface area contributed by atoms with E-state index >= 15 is 0 Å². The largest absolute Gasteiger partial charge is 0.507 e. The van der Waals surface area contributed by atoms with Crippen LogP contribution in [0.2, 0.25) is 0 Å². The van der Waals surface area contributed by atoms with Crippen molar-refractivity contribution >= 4 is 5.91 Å². The number of phenolic OH excluding ortho intramolecular Hbond substituents is 1. The number of hydrogen-bond donors (Lipinski definition) is 1. The topological polar surface area (TPSA) is 40.5 Å². The van der Waals surface area contributed by atoms with Crippen molar-refractivity contribution in [1.29, 1.82) is 0 Å². The predicted molar refractivity (Wildman–Crippen MR) is 64.5 cm³/mol. The van der Waals surface area contributed by atoms with Gasteiger partial charge in [0.25, 0.3) is 5.91 Å². The molecule has 1 rings (SSSR count). The number of carbonyl (C=O) groups is 1. The number of hydrogen-bond acceptors (Lipinski definition) is 2. The number of halogens is 1. The lowest BCUT2D eigenvalue weighted by molar-refractivity contribution is 0.0697. The first-order chi connectivity index (χ1) is 8.01. The van der Waals surface area contributed by atoms with E-state index in [-0.39, 0.29) is 23.3 Å². The minimum absolute atomic E-state index is 0.0944. The number of aromatic hydroxyl groups is 1. The Morgan fingerprint density at radius 1 is 1.47 bits per heavy atom. The second kappa shape index (κ2) is 5.66. The second-order valence-corrected chi connectivity index (χ2v) is 4.01. The van der Waals surface area contributed by atoms with Crippen molar-refractivity contribution < 1.29 is 14.3 Å². The minimum atomic E-state index is -0.550. The lowest BCUT2D eigenvalue weighted by Gasteiger charge is -2.27. The van der Waals surface area contributed by atoms with Gasteiger partial charge in [0.15, 0.2) is 0 Å². The number of benzene rings is 1. The summed E-state index contributed by atoms with van der Waals surface area (Å²) < 4.78 is 12.8. The van der Waals surface area contributed by atoms with E-state index in [0.29, 0.717) is 6.54 Å². The summed E-state index contributed by atoms with van der Waals surface area (Å²) >= 11 is 0. The van der Waals surface area contributed by atoms with Crippen LogP contribution < -0.4 is 0 Å². The number of nitrogens with zero attached hydrogens (tertiary/aromatic N) is 1. The Morgan fingerprint density at radius 2 is 2.12 bits per heavy atom. The molecule has 4 heteroatoms. The van der Waals surface area contributed by atoms with E-state index in [1.807, 2.05) is 20.8 Å². The zero-order valence-corrected chi connectivity index (χ0v) is 10.4. The first kappa shape index (κ1) is 13.5. The summed E-state index contributed by atoms with van der Waals surface area (Å²) in [7, 11) is 0. The molecule has 0 heterocycles. The maximum Gasteiger partial charge on any atom is 0.257 e. The first-order valence-electron chi connectivity index (χ1n) is 5.80. The van der Waals surface area contributed by atoms with Gasteiger partial charge in [-0.1, -0.05) is 6.92 Å². The van der Waals surface area contributed by atoms with Gasteiger partial charge in [0.1, 0.15) is 11.6 Å². The third-order valence-electron chi connectivity index (χ3n) is 2.91. The van der Waals surface area contributed by atoms with Crippen LogP contribution in [0.1, 0.15) is 37.6 Å².